The Balaban J connectivity index is 1.61. The molecule has 1 N–H and O–H groups in total. The molecule has 31 heavy (non-hydrogen) atoms. The first kappa shape index (κ1) is 20.6. The predicted molar refractivity (Wildman–Crippen MR) is 118 cm³/mol. The molecular formula is C24H22FN3O3. The van der Waals surface area contributed by atoms with E-state index in [1.807, 2.05) is 47.9 Å². The van der Waals surface area contributed by atoms with Gasteiger partial charge in [-0.25, -0.2) is 9.37 Å². The second-order valence-corrected chi connectivity index (χ2v) is 6.97. The number of fused-ring (bicyclic) bond motifs is 1. The van der Waals surface area contributed by atoms with Crippen LogP contribution in [0.25, 0.3) is 16.7 Å². The van der Waals surface area contributed by atoms with Gasteiger partial charge in [0.15, 0.2) is 0 Å². The van der Waals surface area contributed by atoms with Crippen LogP contribution >= 0.6 is 0 Å². The van der Waals surface area contributed by atoms with E-state index in [1.165, 1.54) is 18.2 Å². The number of nitrogens with one attached hydrogen (secondary N) is 1. The first-order chi connectivity index (χ1) is 15.1. The van der Waals surface area contributed by atoms with Crippen molar-refractivity contribution >= 4 is 22.6 Å². The minimum absolute atomic E-state index is 0.257. The number of aromatic nitrogens is 2. The molecule has 158 valence electrons. The van der Waals surface area contributed by atoms with Gasteiger partial charge >= 0.3 is 0 Å². The Morgan fingerprint density at radius 3 is 2.65 bits per heavy atom. The fourth-order valence-electron chi connectivity index (χ4n) is 3.40. The molecule has 0 aliphatic heterocycles. The SMILES string of the molecule is COCCOc1ccc(F)cc1NC(=O)c1ccc2c(c1)nc(C)n2-c1ccccc1. The van der Waals surface area contributed by atoms with E-state index < -0.39 is 5.82 Å². The molecule has 4 aromatic rings. The standard InChI is InChI=1S/C24H22FN3O3/c1-16-26-20-14-17(8-10-22(20)28(16)19-6-4-3-5-7-19)24(29)27-21-15-18(25)9-11-23(21)31-13-12-30-2/h3-11,14-15H,12-13H2,1-2H3,(H,27,29). The van der Waals surface area contributed by atoms with Crippen LogP contribution in [0.4, 0.5) is 10.1 Å². The number of nitrogens with zero attached hydrogens (tertiary/aromatic N) is 2. The van der Waals surface area contributed by atoms with Gasteiger partial charge in [0.1, 0.15) is 24.0 Å². The quantitative estimate of drug-likeness (QED) is 0.439. The van der Waals surface area contributed by atoms with E-state index in [0.29, 0.717) is 23.4 Å². The van der Waals surface area contributed by atoms with Gasteiger partial charge in [-0.3, -0.25) is 9.36 Å². The lowest BCUT2D eigenvalue weighted by atomic mass is 10.1. The molecule has 0 saturated heterocycles. The fourth-order valence-corrected chi connectivity index (χ4v) is 3.40. The van der Waals surface area contributed by atoms with Crippen LogP contribution in [0.15, 0.2) is 66.7 Å². The molecule has 0 fully saturated rings. The van der Waals surface area contributed by atoms with E-state index in [2.05, 4.69) is 10.3 Å². The number of methoxy groups -OCH3 is 1. The highest BCUT2D eigenvalue weighted by molar-refractivity contribution is 6.06. The third-order valence-corrected chi connectivity index (χ3v) is 4.83. The first-order valence-electron chi connectivity index (χ1n) is 9.84. The van der Waals surface area contributed by atoms with Crippen molar-refractivity contribution in [2.75, 3.05) is 25.6 Å². The number of rotatable bonds is 7. The second-order valence-electron chi connectivity index (χ2n) is 6.97. The molecular weight excluding hydrogens is 397 g/mol. The van der Waals surface area contributed by atoms with Gasteiger partial charge in [-0.15, -0.1) is 0 Å². The number of benzene rings is 3. The van der Waals surface area contributed by atoms with Gasteiger partial charge in [-0.05, 0) is 49.4 Å². The highest BCUT2D eigenvalue weighted by atomic mass is 19.1. The van der Waals surface area contributed by atoms with Crippen molar-refractivity contribution in [1.29, 1.82) is 0 Å². The maximum Gasteiger partial charge on any atom is 0.255 e. The van der Waals surface area contributed by atoms with Crippen LogP contribution in [-0.4, -0.2) is 35.8 Å². The van der Waals surface area contributed by atoms with E-state index in [1.54, 1.807) is 19.2 Å². The molecule has 3 aromatic carbocycles. The van der Waals surface area contributed by atoms with Gasteiger partial charge in [-0.1, -0.05) is 18.2 Å². The van der Waals surface area contributed by atoms with Crippen molar-refractivity contribution in [3.05, 3.63) is 83.9 Å². The lowest BCUT2D eigenvalue weighted by molar-refractivity contribution is 0.102. The van der Waals surface area contributed by atoms with Crippen molar-refractivity contribution in [2.24, 2.45) is 0 Å². The number of halogens is 1. The molecule has 0 atom stereocenters. The molecule has 4 rings (SSSR count). The molecule has 0 spiro atoms. The van der Waals surface area contributed by atoms with Gasteiger partial charge in [0.05, 0.1) is 23.3 Å². The number of imidazole rings is 1. The van der Waals surface area contributed by atoms with Gasteiger partial charge < -0.3 is 14.8 Å². The lowest BCUT2D eigenvalue weighted by Crippen LogP contribution is -2.14. The topological polar surface area (TPSA) is 65.4 Å². The van der Waals surface area contributed by atoms with E-state index in [9.17, 15) is 9.18 Å². The summed E-state index contributed by atoms with van der Waals surface area (Å²) >= 11 is 0. The van der Waals surface area contributed by atoms with Gasteiger partial charge in [0.2, 0.25) is 0 Å². The second kappa shape index (κ2) is 8.97. The number of amides is 1. The molecule has 0 bridgehead atoms. The third-order valence-electron chi connectivity index (χ3n) is 4.83. The van der Waals surface area contributed by atoms with Crippen LogP contribution in [0, 0.1) is 12.7 Å². The van der Waals surface area contributed by atoms with Crippen molar-refractivity contribution in [3.8, 4) is 11.4 Å². The number of anilines is 1. The summed E-state index contributed by atoms with van der Waals surface area (Å²) in [6.07, 6.45) is 0. The van der Waals surface area contributed by atoms with E-state index >= 15 is 0 Å². The van der Waals surface area contributed by atoms with E-state index in [4.69, 9.17) is 9.47 Å². The maximum atomic E-state index is 13.8. The van der Waals surface area contributed by atoms with Gasteiger partial charge in [-0.2, -0.15) is 0 Å². The number of para-hydroxylation sites is 1. The van der Waals surface area contributed by atoms with Crippen LogP contribution in [0.1, 0.15) is 16.2 Å². The van der Waals surface area contributed by atoms with Crippen LogP contribution < -0.4 is 10.1 Å². The monoisotopic (exact) mass is 419 g/mol. The zero-order chi connectivity index (χ0) is 21.8. The summed E-state index contributed by atoms with van der Waals surface area (Å²) in [4.78, 5) is 17.5. The zero-order valence-electron chi connectivity index (χ0n) is 17.3. The number of hydrogen-bond donors (Lipinski definition) is 1. The van der Waals surface area contributed by atoms with Crippen LogP contribution in [0.5, 0.6) is 5.75 Å². The minimum Gasteiger partial charge on any atom is -0.489 e. The Hall–Kier alpha value is -3.71. The molecule has 1 amide bonds. The Kier molecular flexibility index (Phi) is 5.95. The Bertz CT molecular complexity index is 1220. The first-order valence-corrected chi connectivity index (χ1v) is 9.84. The van der Waals surface area contributed by atoms with Gasteiger partial charge in [0.25, 0.3) is 5.91 Å². The third kappa shape index (κ3) is 4.41. The summed E-state index contributed by atoms with van der Waals surface area (Å²) in [5.41, 5.74) is 3.27. The van der Waals surface area contributed by atoms with Crippen LogP contribution in [0.2, 0.25) is 0 Å². The number of hydrogen-bond acceptors (Lipinski definition) is 4. The molecule has 1 aromatic heterocycles. The summed E-state index contributed by atoms with van der Waals surface area (Å²) in [6.45, 7) is 2.58. The molecule has 0 aliphatic rings. The van der Waals surface area contributed by atoms with Crippen LogP contribution in [-0.2, 0) is 4.74 Å². The largest absolute Gasteiger partial charge is 0.489 e. The summed E-state index contributed by atoms with van der Waals surface area (Å²) < 4.78 is 26.3. The molecule has 6 nitrogen and oxygen atoms in total. The van der Waals surface area contributed by atoms with E-state index in [0.717, 1.165) is 17.0 Å². The van der Waals surface area contributed by atoms with Crippen LogP contribution in [0.3, 0.4) is 0 Å². The smallest absolute Gasteiger partial charge is 0.255 e. The Labute approximate surface area is 179 Å². The zero-order valence-corrected chi connectivity index (χ0v) is 17.3. The normalized spacial score (nSPS) is 10.9. The highest BCUT2D eigenvalue weighted by Gasteiger charge is 2.15. The molecule has 1 heterocycles. The average Bonchev–Trinajstić information content (AvgIpc) is 3.10. The summed E-state index contributed by atoms with van der Waals surface area (Å²) in [7, 11) is 1.56. The fraction of sp³-hybridized carbons (Fsp3) is 0.167. The number of ether oxygens (including phenoxy) is 2. The van der Waals surface area contributed by atoms with Crippen molar-refractivity contribution in [3.63, 3.8) is 0 Å². The average molecular weight is 419 g/mol. The predicted octanol–water partition coefficient (Wildman–Crippen LogP) is 4.75. The van der Waals surface area contributed by atoms with Gasteiger partial charge in [0, 0.05) is 24.4 Å². The molecule has 0 aliphatic carbocycles. The number of aryl methyl sites for hydroxylation is 1. The number of carbonyl (C=O) groups is 1. The summed E-state index contributed by atoms with van der Waals surface area (Å²) in [5.74, 6) is 0.341. The molecule has 7 heteroatoms. The lowest BCUT2D eigenvalue weighted by Gasteiger charge is -2.13. The Morgan fingerprint density at radius 1 is 1.06 bits per heavy atom. The summed E-state index contributed by atoms with van der Waals surface area (Å²) in [5, 5.41) is 2.73. The van der Waals surface area contributed by atoms with Crippen molar-refractivity contribution in [1.82, 2.24) is 9.55 Å². The van der Waals surface area contributed by atoms with Crippen molar-refractivity contribution in [2.45, 2.75) is 6.92 Å². The number of carbonyl (C=O) groups excluding carboxylic acids is 1. The highest BCUT2D eigenvalue weighted by Crippen LogP contribution is 2.27. The van der Waals surface area contributed by atoms with Crippen molar-refractivity contribution < 1.29 is 18.7 Å². The Morgan fingerprint density at radius 2 is 1.87 bits per heavy atom. The molecule has 0 radical (unpaired) electrons. The van der Waals surface area contributed by atoms with E-state index in [-0.39, 0.29) is 18.2 Å². The maximum absolute atomic E-state index is 13.8. The minimum atomic E-state index is -0.470. The molecule has 0 saturated carbocycles. The molecule has 0 unspecified atom stereocenters. The summed E-state index contributed by atoms with van der Waals surface area (Å²) in [6, 6.07) is 19.2.